The fraction of sp³-hybridized carbons (Fsp3) is 0.667. The van der Waals surface area contributed by atoms with Crippen LogP contribution in [0.15, 0.2) is 0 Å². The molecule has 0 saturated heterocycles. The Kier molecular flexibility index (Phi) is 2.18. The highest BCUT2D eigenvalue weighted by Gasteiger charge is 2.41. The molecule has 0 aliphatic rings. The van der Waals surface area contributed by atoms with Gasteiger partial charge in [-0.1, -0.05) is 0 Å². The lowest BCUT2D eigenvalue weighted by atomic mass is 10.4. The molecule has 0 aromatic heterocycles. The van der Waals surface area contributed by atoms with Gasteiger partial charge in [-0.2, -0.15) is 13.2 Å². The van der Waals surface area contributed by atoms with E-state index < -0.39 is 12.3 Å². The average molecular weight is 132 g/mol. The first-order valence-corrected chi connectivity index (χ1v) is 1.55. The van der Waals surface area contributed by atoms with Crippen LogP contribution in [0, 0.1) is 6.67 Å². The van der Waals surface area contributed by atoms with Crippen molar-refractivity contribution < 1.29 is 22.0 Å². The standard InChI is InChI=1S/C3HF5/c4-1-2(5)3(6,7)8/h2H. The van der Waals surface area contributed by atoms with Crippen LogP contribution < -0.4 is 0 Å². The second kappa shape index (κ2) is 2.28. The van der Waals surface area contributed by atoms with Crippen molar-refractivity contribution in [2.45, 2.75) is 12.3 Å². The Morgan fingerprint density at radius 3 is 1.62 bits per heavy atom. The van der Waals surface area contributed by atoms with Gasteiger partial charge in [-0.05, 0) is 0 Å². The van der Waals surface area contributed by atoms with Crippen LogP contribution in [-0.2, 0) is 0 Å². The van der Waals surface area contributed by atoms with E-state index in [1.165, 1.54) is 0 Å². The molecule has 0 fully saturated rings. The van der Waals surface area contributed by atoms with Crippen molar-refractivity contribution in [2.24, 2.45) is 0 Å². The topological polar surface area (TPSA) is 0 Å². The number of halogens is 5. The molecule has 0 spiro atoms. The highest BCUT2D eigenvalue weighted by Crippen LogP contribution is 2.24. The summed E-state index contributed by atoms with van der Waals surface area (Å²) in [4.78, 5) is 0. The smallest absolute Gasteiger partial charge is 0.234 e. The van der Waals surface area contributed by atoms with Gasteiger partial charge in [0.25, 0.3) is 0 Å². The van der Waals surface area contributed by atoms with Crippen LogP contribution in [-0.4, -0.2) is 12.3 Å². The van der Waals surface area contributed by atoms with Crippen molar-refractivity contribution >= 4 is 0 Å². The van der Waals surface area contributed by atoms with Gasteiger partial charge in [-0.15, -0.1) is 0 Å². The Morgan fingerprint density at radius 1 is 1.25 bits per heavy atom. The molecule has 48 valence electrons. The molecule has 0 heterocycles. The van der Waals surface area contributed by atoms with Gasteiger partial charge in [0.15, 0.2) is 0 Å². The van der Waals surface area contributed by atoms with E-state index >= 15 is 0 Å². The summed E-state index contributed by atoms with van der Waals surface area (Å²) in [5.74, 6) is 0. The van der Waals surface area contributed by atoms with Gasteiger partial charge in [-0.25, -0.2) is 8.78 Å². The van der Waals surface area contributed by atoms with Crippen molar-refractivity contribution in [3.8, 4) is 0 Å². The van der Waals surface area contributed by atoms with Crippen LogP contribution in [0.5, 0.6) is 0 Å². The summed E-state index contributed by atoms with van der Waals surface area (Å²) in [7, 11) is 0. The Bertz CT molecular complexity index is 64.6. The minimum Gasteiger partial charge on any atom is -0.234 e. The van der Waals surface area contributed by atoms with Crippen molar-refractivity contribution in [3.05, 3.63) is 6.67 Å². The largest absolute Gasteiger partial charge is 0.423 e. The molecule has 0 aliphatic carbocycles. The van der Waals surface area contributed by atoms with Crippen molar-refractivity contribution in [3.63, 3.8) is 0 Å². The van der Waals surface area contributed by atoms with Gasteiger partial charge < -0.3 is 0 Å². The minimum atomic E-state index is -5.14. The lowest BCUT2D eigenvalue weighted by Crippen LogP contribution is -2.23. The Balaban J connectivity index is 3.62. The summed E-state index contributed by atoms with van der Waals surface area (Å²) in [6, 6.07) is 0. The maximum atomic E-state index is 11.0. The van der Waals surface area contributed by atoms with E-state index in [1.807, 2.05) is 0 Å². The molecule has 8 heavy (non-hydrogen) atoms. The van der Waals surface area contributed by atoms with E-state index in [0.29, 0.717) is 0 Å². The zero-order chi connectivity index (χ0) is 6.78. The van der Waals surface area contributed by atoms with Crippen LogP contribution in [0.25, 0.3) is 0 Å². The van der Waals surface area contributed by atoms with Crippen molar-refractivity contribution in [1.29, 1.82) is 0 Å². The van der Waals surface area contributed by atoms with Crippen LogP contribution in [0.2, 0.25) is 0 Å². The molecule has 0 nitrogen and oxygen atoms in total. The molecular weight excluding hydrogens is 131 g/mol. The third-order valence-corrected chi connectivity index (χ3v) is 0.383. The Hall–Kier alpha value is -0.350. The van der Waals surface area contributed by atoms with Crippen LogP contribution in [0.1, 0.15) is 0 Å². The third-order valence-electron chi connectivity index (χ3n) is 0.383. The first kappa shape index (κ1) is 7.65. The SMILES string of the molecule is F[C]C(F)C(F)(F)F. The van der Waals surface area contributed by atoms with Gasteiger partial charge in [0, 0.05) is 0 Å². The van der Waals surface area contributed by atoms with Gasteiger partial charge in [0.05, 0.1) is 0 Å². The quantitative estimate of drug-likeness (QED) is 0.478. The van der Waals surface area contributed by atoms with Crippen molar-refractivity contribution in [2.75, 3.05) is 0 Å². The summed E-state index contributed by atoms with van der Waals surface area (Å²) in [6.45, 7) is -0.0868. The van der Waals surface area contributed by atoms with Crippen LogP contribution in [0.4, 0.5) is 22.0 Å². The predicted molar refractivity (Wildman–Crippen MR) is 15.3 cm³/mol. The fourth-order valence-electron chi connectivity index (χ4n) is 0.0619. The zero-order valence-corrected chi connectivity index (χ0v) is 3.47. The molecular formula is C3HF5. The summed E-state index contributed by atoms with van der Waals surface area (Å²) >= 11 is 0. The summed E-state index contributed by atoms with van der Waals surface area (Å²) in [5.41, 5.74) is 0. The Morgan fingerprint density at radius 2 is 1.62 bits per heavy atom. The Labute approximate surface area is 42.3 Å². The van der Waals surface area contributed by atoms with E-state index in [-0.39, 0.29) is 6.67 Å². The van der Waals surface area contributed by atoms with E-state index in [1.54, 1.807) is 0 Å². The lowest BCUT2D eigenvalue weighted by Gasteiger charge is -2.04. The molecule has 0 aromatic carbocycles. The van der Waals surface area contributed by atoms with Crippen LogP contribution in [0.3, 0.4) is 0 Å². The predicted octanol–water partition coefficient (Wildman–Crippen LogP) is 1.90. The molecule has 1 unspecified atom stereocenters. The highest BCUT2D eigenvalue weighted by molar-refractivity contribution is 4.72. The molecule has 0 bridgehead atoms. The van der Waals surface area contributed by atoms with E-state index in [2.05, 4.69) is 0 Å². The maximum absolute atomic E-state index is 11.0. The molecule has 0 rings (SSSR count). The molecule has 0 N–H and O–H groups in total. The summed E-state index contributed by atoms with van der Waals surface area (Å²) in [6.07, 6.45) is -8.71. The monoisotopic (exact) mass is 132 g/mol. The van der Waals surface area contributed by atoms with E-state index in [0.717, 1.165) is 0 Å². The van der Waals surface area contributed by atoms with E-state index in [9.17, 15) is 22.0 Å². The second-order valence-electron chi connectivity index (χ2n) is 1.01. The number of hydrogen-bond acceptors (Lipinski definition) is 0. The highest BCUT2D eigenvalue weighted by atomic mass is 19.4. The number of alkyl halides is 4. The molecule has 5 heteroatoms. The van der Waals surface area contributed by atoms with Crippen molar-refractivity contribution in [1.82, 2.24) is 0 Å². The van der Waals surface area contributed by atoms with E-state index in [4.69, 9.17) is 0 Å². The molecule has 0 saturated carbocycles. The molecule has 0 amide bonds. The maximum Gasteiger partial charge on any atom is 0.423 e. The number of hydrogen-bond donors (Lipinski definition) is 0. The molecule has 2 radical (unpaired) electrons. The van der Waals surface area contributed by atoms with Gasteiger partial charge in [0.1, 0.15) is 0 Å². The third kappa shape index (κ3) is 2.09. The molecule has 1 atom stereocenters. The number of rotatable bonds is 1. The van der Waals surface area contributed by atoms with Crippen LogP contribution >= 0.6 is 0 Å². The van der Waals surface area contributed by atoms with Gasteiger partial charge in [-0.3, -0.25) is 0 Å². The zero-order valence-electron chi connectivity index (χ0n) is 3.47. The molecule has 0 aromatic rings. The second-order valence-corrected chi connectivity index (χ2v) is 1.01. The normalized spacial score (nSPS) is 16.1. The minimum absolute atomic E-state index is 0.0868. The van der Waals surface area contributed by atoms with Gasteiger partial charge in [0.2, 0.25) is 12.8 Å². The fourth-order valence-corrected chi connectivity index (χ4v) is 0.0619. The van der Waals surface area contributed by atoms with Gasteiger partial charge >= 0.3 is 6.18 Å². The first-order chi connectivity index (χ1) is 3.48. The summed E-state index contributed by atoms with van der Waals surface area (Å²) in [5, 5.41) is 0. The summed E-state index contributed by atoms with van der Waals surface area (Å²) < 4.78 is 53.9. The first-order valence-electron chi connectivity index (χ1n) is 1.55. The molecule has 0 aliphatic heterocycles. The average Bonchev–Trinajstić information content (AvgIpc) is 1.62. The lowest BCUT2D eigenvalue weighted by molar-refractivity contribution is -0.175.